The molecule has 0 bridgehead atoms. The number of nitrogens with one attached hydrogen (secondary N) is 1. The van der Waals surface area contributed by atoms with Crippen molar-refractivity contribution < 1.29 is 22.8 Å². The minimum absolute atomic E-state index is 0.153. The zero-order chi connectivity index (χ0) is 13.6. The van der Waals surface area contributed by atoms with Crippen LogP contribution in [0, 0.1) is 0 Å². The molecule has 0 fully saturated rings. The van der Waals surface area contributed by atoms with E-state index >= 15 is 0 Å². The predicted molar refractivity (Wildman–Crippen MR) is 55.3 cm³/mol. The fourth-order valence-corrected chi connectivity index (χ4v) is 0.879. The summed E-state index contributed by atoms with van der Waals surface area (Å²) >= 11 is 0. The first-order chi connectivity index (χ1) is 7.63. The van der Waals surface area contributed by atoms with Gasteiger partial charge in [-0.05, 0) is 0 Å². The normalized spacial score (nSPS) is 11.2. The van der Waals surface area contributed by atoms with Gasteiger partial charge in [0, 0.05) is 21.1 Å². The highest BCUT2D eigenvalue weighted by molar-refractivity contribution is 5.85. The van der Waals surface area contributed by atoms with Crippen LogP contribution in [-0.4, -0.2) is 68.6 Å². The summed E-state index contributed by atoms with van der Waals surface area (Å²) in [5.74, 6) is -0.860. The van der Waals surface area contributed by atoms with E-state index in [1.807, 2.05) is 5.32 Å². The molecule has 100 valence electrons. The molecular weight excluding hydrogens is 239 g/mol. The first-order valence-corrected chi connectivity index (χ1v) is 4.85. The van der Waals surface area contributed by atoms with E-state index in [-0.39, 0.29) is 12.5 Å². The molecule has 0 unspecified atom stereocenters. The molecule has 0 aromatic heterocycles. The highest BCUT2D eigenvalue weighted by atomic mass is 19.4. The molecule has 0 aromatic rings. The Morgan fingerprint density at radius 1 is 1.12 bits per heavy atom. The summed E-state index contributed by atoms with van der Waals surface area (Å²) in [5, 5.41) is 1.97. The molecule has 0 saturated heterocycles. The molecule has 0 atom stereocenters. The van der Waals surface area contributed by atoms with E-state index in [4.69, 9.17) is 0 Å². The Morgan fingerprint density at radius 2 is 1.65 bits per heavy atom. The summed E-state index contributed by atoms with van der Waals surface area (Å²) in [7, 11) is 4.42. The monoisotopic (exact) mass is 255 g/mol. The third kappa shape index (κ3) is 7.56. The van der Waals surface area contributed by atoms with Crippen LogP contribution in [0.25, 0.3) is 0 Å². The van der Waals surface area contributed by atoms with Crippen LogP contribution >= 0.6 is 0 Å². The predicted octanol–water partition coefficient (Wildman–Crippen LogP) is -0.315. The Hall–Kier alpha value is -1.31. The first kappa shape index (κ1) is 15.7. The minimum Gasteiger partial charge on any atom is -0.347 e. The number of amides is 2. The van der Waals surface area contributed by atoms with Crippen LogP contribution in [0.3, 0.4) is 0 Å². The third-order valence-corrected chi connectivity index (χ3v) is 1.90. The molecule has 0 radical (unpaired) electrons. The Balaban J connectivity index is 3.95. The van der Waals surface area contributed by atoms with Gasteiger partial charge in [0.1, 0.15) is 0 Å². The standard InChI is InChI=1S/C9H16F3N3O2/c1-14(2)8(17)5-15(3)7(16)4-13-6-9(10,11)12/h13H,4-6H2,1-3H3. The van der Waals surface area contributed by atoms with Gasteiger partial charge in [-0.2, -0.15) is 13.2 Å². The summed E-state index contributed by atoms with van der Waals surface area (Å²) in [6, 6.07) is 0. The molecule has 0 aromatic carbocycles. The Kier molecular flexibility index (Phi) is 5.94. The lowest BCUT2D eigenvalue weighted by molar-refractivity contribution is -0.139. The van der Waals surface area contributed by atoms with Gasteiger partial charge in [-0.25, -0.2) is 0 Å². The van der Waals surface area contributed by atoms with Gasteiger partial charge in [-0.15, -0.1) is 0 Å². The lowest BCUT2D eigenvalue weighted by Gasteiger charge is -2.19. The van der Waals surface area contributed by atoms with E-state index in [9.17, 15) is 22.8 Å². The lowest BCUT2D eigenvalue weighted by atomic mass is 10.4. The summed E-state index contributed by atoms with van der Waals surface area (Å²) < 4.78 is 35.3. The van der Waals surface area contributed by atoms with Crippen LogP contribution in [0.15, 0.2) is 0 Å². The molecule has 0 aliphatic rings. The van der Waals surface area contributed by atoms with Crippen LogP contribution in [0.4, 0.5) is 13.2 Å². The largest absolute Gasteiger partial charge is 0.401 e. The fraction of sp³-hybridized carbons (Fsp3) is 0.778. The minimum atomic E-state index is -4.35. The van der Waals surface area contributed by atoms with E-state index in [0.717, 1.165) is 4.90 Å². The van der Waals surface area contributed by atoms with Crippen molar-refractivity contribution in [2.75, 3.05) is 40.8 Å². The van der Waals surface area contributed by atoms with E-state index in [1.54, 1.807) is 0 Å². The van der Waals surface area contributed by atoms with E-state index in [2.05, 4.69) is 0 Å². The Labute approximate surface area is 97.5 Å². The third-order valence-electron chi connectivity index (χ3n) is 1.90. The van der Waals surface area contributed by atoms with Crippen LogP contribution in [0.1, 0.15) is 0 Å². The maximum absolute atomic E-state index is 11.8. The number of carbonyl (C=O) groups excluding carboxylic acids is 2. The molecule has 0 heterocycles. The molecule has 0 rings (SSSR count). The summed E-state index contributed by atoms with van der Waals surface area (Å²) in [6.07, 6.45) is -4.35. The zero-order valence-electron chi connectivity index (χ0n) is 9.97. The zero-order valence-corrected chi connectivity index (χ0v) is 9.97. The summed E-state index contributed by atoms with van der Waals surface area (Å²) in [6.45, 7) is -1.83. The van der Waals surface area contributed by atoms with Gasteiger partial charge in [-0.3, -0.25) is 9.59 Å². The highest BCUT2D eigenvalue weighted by Crippen LogP contribution is 2.11. The summed E-state index contributed by atoms with van der Waals surface area (Å²) in [4.78, 5) is 24.9. The highest BCUT2D eigenvalue weighted by Gasteiger charge is 2.26. The van der Waals surface area contributed by atoms with E-state index in [0.29, 0.717) is 0 Å². The second-order valence-electron chi connectivity index (χ2n) is 3.76. The molecule has 0 aliphatic carbocycles. The second-order valence-corrected chi connectivity index (χ2v) is 3.76. The lowest BCUT2D eigenvalue weighted by Crippen LogP contribution is -2.43. The maximum atomic E-state index is 11.8. The van der Waals surface area contributed by atoms with Crippen LogP contribution in [-0.2, 0) is 9.59 Å². The van der Waals surface area contributed by atoms with Crippen molar-refractivity contribution in [1.82, 2.24) is 15.1 Å². The number of hydrogen-bond acceptors (Lipinski definition) is 3. The molecular formula is C9H16F3N3O2. The van der Waals surface area contributed by atoms with Gasteiger partial charge in [0.2, 0.25) is 11.8 Å². The molecule has 17 heavy (non-hydrogen) atoms. The molecule has 0 spiro atoms. The Morgan fingerprint density at radius 3 is 2.06 bits per heavy atom. The number of nitrogens with zero attached hydrogens (tertiary/aromatic N) is 2. The van der Waals surface area contributed by atoms with Gasteiger partial charge in [0.15, 0.2) is 0 Å². The number of alkyl halides is 3. The van der Waals surface area contributed by atoms with Crippen LogP contribution in [0.5, 0.6) is 0 Å². The first-order valence-electron chi connectivity index (χ1n) is 4.85. The average molecular weight is 255 g/mol. The van der Waals surface area contributed by atoms with Gasteiger partial charge in [0.05, 0.1) is 19.6 Å². The molecule has 2 amide bonds. The van der Waals surface area contributed by atoms with Gasteiger partial charge in [-0.1, -0.05) is 0 Å². The fourth-order valence-electron chi connectivity index (χ4n) is 0.879. The van der Waals surface area contributed by atoms with Crippen molar-refractivity contribution in [2.24, 2.45) is 0 Å². The van der Waals surface area contributed by atoms with E-state index in [1.165, 1.54) is 26.0 Å². The van der Waals surface area contributed by atoms with Crippen molar-refractivity contribution in [2.45, 2.75) is 6.18 Å². The van der Waals surface area contributed by atoms with Crippen molar-refractivity contribution in [3.8, 4) is 0 Å². The number of rotatable bonds is 5. The molecule has 1 N–H and O–H groups in total. The number of halogens is 3. The van der Waals surface area contributed by atoms with Crippen molar-refractivity contribution in [3.63, 3.8) is 0 Å². The summed E-state index contributed by atoms with van der Waals surface area (Å²) in [5.41, 5.74) is 0. The molecule has 0 saturated carbocycles. The van der Waals surface area contributed by atoms with Crippen LogP contribution < -0.4 is 5.32 Å². The SMILES string of the molecule is CN(C)C(=O)CN(C)C(=O)CNCC(F)(F)F. The molecule has 8 heteroatoms. The van der Waals surface area contributed by atoms with Crippen LogP contribution in [0.2, 0.25) is 0 Å². The second kappa shape index (κ2) is 6.43. The quantitative estimate of drug-likeness (QED) is 0.733. The molecule has 0 aliphatic heterocycles. The Bertz CT molecular complexity index is 279. The van der Waals surface area contributed by atoms with E-state index < -0.39 is 25.2 Å². The topological polar surface area (TPSA) is 52.7 Å². The number of carbonyl (C=O) groups is 2. The van der Waals surface area contributed by atoms with Gasteiger partial charge >= 0.3 is 6.18 Å². The number of hydrogen-bond donors (Lipinski definition) is 1. The molecule has 5 nitrogen and oxygen atoms in total. The van der Waals surface area contributed by atoms with Crippen molar-refractivity contribution in [1.29, 1.82) is 0 Å². The maximum Gasteiger partial charge on any atom is 0.401 e. The smallest absolute Gasteiger partial charge is 0.347 e. The average Bonchev–Trinajstić information content (AvgIpc) is 2.15. The van der Waals surface area contributed by atoms with Gasteiger partial charge < -0.3 is 15.1 Å². The van der Waals surface area contributed by atoms with Crippen molar-refractivity contribution >= 4 is 11.8 Å². The number of likely N-dealkylation sites (N-methyl/N-ethyl adjacent to an activating group) is 2. The van der Waals surface area contributed by atoms with Gasteiger partial charge in [0.25, 0.3) is 0 Å². The van der Waals surface area contributed by atoms with Crippen molar-refractivity contribution in [3.05, 3.63) is 0 Å².